The molecule has 0 bridgehead atoms. The molecule has 136 valence electrons. The highest BCUT2D eigenvalue weighted by atomic mass is 35.5. The van der Waals surface area contributed by atoms with Gasteiger partial charge in [-0.1, -0.05) is 29.8 Å². The van der Waals surface area contributed by atoms with Crippen LogP contribution in [0.1, 0.15) is 22.3 Å². The van der Waals surface area contributed by atoms with Crippen LogP contribution in [-0.2, 0) is 11.2 Å². The van der Waals surface area contributed by atoms with E-state index < -0.39 is 0 Å². The first-order valence-electron chi connectivity index (χ1n) is 8.60. The highest BCUT2D eigenvalue weighted by Crippen LogP contribution is 2.15. The molecule has 3 rings (SSSR count). The van der Waals surface area contributed by atoms with Gasteiger partial charge in [0.25, 0.3) is 5.91 Å². The van der Waals surface area contributed by atoms with Gasteiger partial charge in [0.2, 0.25) is 5.91 Å². The van der Waals surface area contributed by atoms with E-state index in [1.54, 1.807) is 46.2 Å². The molecular formula is C20H20ClFN2O2. The Bertz CT molecular complexity index is 812. The van der Waals surface area contributed by atoms with Crippen LogP contribution in [0.25, 0.3) is 0 Å². The van der Waals surface area contributed by atoms with Gasteiger partial charge in [0.1, 0.15) is 5.82 Å². The van der Waals surface area contributed by atoms with Crippen molar-refractivity contribution in [3.8, 4) is 0 Å². The molecule has 1 saturated heterocycles. The van der Waals surface area contributed by atoms with Gasteiger partial charge < -0.3 is 9.80 Å². The summed E-state index contributed by atoms with van der Waals surface area (Å²) in [4.78, 5) is 28.6. The van der Waals surface area contributed by atoms with Crippen molar-refractivity contribution in [1.82, 2.24) is 9.80 Å². The molecule has 2 aromatic carbocycles. The number of amides is 2. The molecule has 6 heteroatoms. The standard InChI is InChI=1S/C20H20ClFN2O2/c21-17-6-2-5-16(14-17)20(26)24-9-3-8-23(10-11-24)19(25)13-15-4-1-7-18(22)12-15/h1-2,4-7,12,14H,3,8-11,13H2. The minimum absolute atomic E-state index is 0.0485. The first-order valence-corrected chi connectivity index (χ1v) is 8.98. The summed E-state index contributed by atoms with van der Waals surface area (Å²) in [5.74, 6) is -0.468. The number of rotatable bonds is 3. The van der Waals surface area contributed by atoms with E-state index in [9.17, 15) is 14.0 Å². The zero-order chi connectivity index (χ0) is 18.5. The van der Waals surface area contributed by atoms with E-state index in [4.69, 9.17) is 11.6 Å². The van der Waals surface area contributed by atoms with Gasteiger partial charge >= 0.3 is 0 Å². The monoisotopic (exact) mass is 374 g/mol. The highest BCUT2D eigenvalue weighted by Gasteiger charge is 2.23. The summed E-state index contributed by atoms with van der Waals surface area (Å²) < 4.78 is 13.3. The summed E-state index contributed by atoms with van der Waals surface area (Å²) in [5.41, 5.74) is 1.21. The topological polar surface area (TPSA) is 40.6 Å². The number of hydrogen-bond donors (Lipinski definition) is 0. The van der Waals surface area contributed by atoms with Crippen molar-refractivity contribution in [3.63, 3.8) is 0 Å². The number of carbonyl (C=O) groups is 2. The Morgan fingerprint density at radius 2 is 1.69 bits per heavy atom. The summed E-state index contributed by atoms with van der Waals surface area (Å²) in [5, 5.41) is 0.526. The van der Waals surface area contributed by atoms with E-state index in [2.05, 4.69) is 0 Å². The molecule has 2 aromatic rings. The van der Waals surface area contributed by atoms with Crippen LogP contribution >= 0.6 is 11.6 Å². The highest BCUT2D eigenvalue weighted by molar-refractivity contribution is 6.30. The van der Waals surface area contributed by atoms with Crippen LogP contribution in [0.5, 0.6) is 0 Å². The van der Waals surface area contributed by atoms with E-state index in [1.807, 2.05) is 0 Å². The lowest BCUT2D eigenvalue weighted by atomic mass is 10.1. The summed E-state index contributed by atoms with van der Waals surface area (Å²) in [7, 11) is 0. The van der Waals surface area contributed by atoms with Crippen molar-refractivity contribution < 1.29 is 14.0 Å². The fourth-order valence-electron chi connectivity index (χ4n) is 3.11. The molecule has 0 atom stereocenters. The van der Waals surface area contributed by atoms with Crippen LogP contribution < -0.4 is 0 Å². The Morgan fingerprint density at radius 1 is 0.962 bits per heavy atom. The second-order valence-electron chi connectivity index (χ2n) is 6.34. The van der Waals surface area contributed by atoms with Gasteiger partial charge in [-0.2, -0.15) is 0 Å². The van der Waals surface area contributed by atoms with Gasteiger partial charge in [-0.3, -0.25) is 9.59 Å². The molecule has 0 spiro atoms. The first-order chi connectivity index (χ1) is 12.5. The van der Waals surface area contributed by atoms with Gasteiger partial charge in [-0.15, -0.1) is 0 Å². The minimum atomic E-state index is -0.343. The lowest BCUT2D eigenvalue weighted by molar-refractivity contribution is -0.130. The molecule has 0 unspecified atom stereocenters. The lowest BCUT2D eigenvalue weighted by Gasteiger charge is -2.22. The number of benzene rings is 2. The molecule has 1 aliphatic rings. The van der Waals surface area contributed by atoms with Crippen LogP contribution in [-0.4, -0.2) is 47.8 Å². The van der Waals surface area contributed by atoms with Crippen molar-refractivity contribution in [2.45, 2.75) is 12.8 Å². The SMILES string of the molecule is O=C(Cc1cccc(F)c1)N1CCCN(C(=O)c2cccc(Cl)c2)CC1. The maximum Gasteiger partial charge on any atom is 0.253 e. The van der Waals surface area contributed by atoms with Gasteiger partial charge in [0.05, 0.1) is 6.42 Å². The molecule has 2 amide bonds. The van der Waals surface area contributed by atoms with Crippen molar-refractivity contribution in [1.29, 1.82) is 0 Å². The van der Waals surface area contributed by atoms with Gasteiger partial charge in [-0.05, 0) is 42.3 Å². The van der Waals surface area contributed by atoms with Crippen molar-refractivity contribution in [2.75, 3.05) is 26.2 Å². The quantitative estimate of drug-likeness (QED) is 0.826. The number of hydrogen-bond acceptors (Lipinski definition) is 2. The molecule has 26 heavy (non-hydrogen) atoms. The maximum atomic E-state index is 13.3. The Labute approximate surface area is 157 Å². The second kappa shape index (κ2) is 8.32. The minimum Gasteiger partial charge on any atom is -0.341 e. The van der Waals surface area contributed by atoms with Crippen molar-refractivity contribution in [2.24, 2.45) is 0 Å². The molecule has 1 fully saturated rings. The van der Waals surface area contributed by atoms with Crippen LogP contribution in [0, 0.1) is 5.82 Å². The molecule has 0 saturated carbocycles. The Balaban J connectivity index is 1.61. The molecule has 1 aliphatic heterocycles. The fourth-order valence-corrected chi connectivity index (χ4v) is 3.30. The third-order valence-electron chi connectivity index (χ3n) is 4.45. The molecular weight excluding hydrogens is 355 g/mol. The molecule has 0 radical (unpaired) electrons. The van der Waals surface area contributed by atoms with E-state index in [0.29, 0.717) is 48.7 Å². The number of nitrogens with zero attached hydrogens (tertiary/aromatic N) is 2. The summed E-state index contributed by atoms with van der Waals surface area (Å²) in [6.07, 6.45) is 0.876. The second-order valence-corrected chi connectivity index (χ2v) is 6.78. The third kappa shape index (κ3) is 4.61. The summed E-state index contributed by atoms with van der Waals surface area (Å²) >= 11 is 5.96. The van der Waals surface area contributed by atoms with E-state index in [1.165, 1.54) is 12.1 Å². The summed E-state index contributed by atoms with van der Waals surface area (Å²) in [6.45, 7) is 2.13. The normalized spacial score (nSPS) is 14.8. The Morgan fingerprint density at radius 3 is 2.46 bits per heavy atom. The van der Waals surface area contributed by atoms with Crippen LogP contribution in [0.4, 0.5) is 4.39 Å². The van der Waals surface area contributed by atoms with E-state index >= 15 is 0 Å². The van der Waals surface area contributed by atoms with Crippen LogP contribution in [0.2, 0.25) is 5.02 Å². The van der Waals surface area contributed by atoms with Crippen molar-refractivity contribution >= 4 is 23.4 Å². The maximum absolute atomic E-state index is 13.3. The zero-order valence-corrected chi connectivity index (χ0v) is 15.1. The van der Waals surface area contributed by atoms with Crippen LogP contribution in [0.15, 0.2) is 48.5 Å². The Kier molecular flexibility index (Phi) is 5.89. The first kappa shape index (κ1) is 18.4. The lowest BCUT2D eigenvalue weighted by Crippen LogP contribution is -2.38. The average Bonchev–Trinajstić information content (AvgIpc) is 2.87. The zero-order valence-electron chi connectivity index (χ0n) is 14.3. The average molecular weight is 375 g/mol. The van der Waals surface area contributed by atoms with E-state index in [-0.39, 0.29) is 24.1 Å². The molecule has 0 aromatic heterocycles. The van der Waals surface area contributed by atoms with Gasteiger partial charge in [-0.25, -0.2) is 4.39 Å². The van der Waals surface area contributed by atoms with Gasteiger partial charge in [0, 0.05) is 36.8 Å². The van der Waals surface area contributed by atoms with Crippen molar-refractivity contribution in [3.05, 3.63) is 70.5 Å². The predicted molar refractivity (Wildman–Crippen MR) is 98.7 cm³/mol. The fraction of sp³-hybridized carbons (Fsp3) is 0.300. The third-order valence-corrected chi connectivity index (χ3v) is 4.69. The van der Waals surface area contributed by atoms with E-state index in [0.717, 1.165) is 0 Å². The summed E-state index contributed by atoms with van der Waals surface area (Å²) in [6, 6.07) is 13.0. The number of halogens is 2. The number of carbonyl (C=O) groups excluding carboxylic acids is 2. The molecule has 1 heterocycles. The van der Waals surface area contributed by atoms with Crippen LogP contribution in [0.3, 0.4) is 0 Å². The smallest absolute Gasteiger partial charge is 0.253 e. The molecule has 0 N–H and O–H groups in total. The predicted octanol–water partition coefficient (Wildman–Crippen LogP) is 3.40. The molecule has 0 aliphatic carbocycles. The Hall–Kier alpha value is -2.40. The largest absolute Gasteiger partial charge is 0.341 e. The molecule has 4 nitrogen and oxygen atoms in total. The van der Waals surface area contributed by atoms with Gasteiger partial charge in [0.15, 0.2) is 0 Å².